The number of hydrogen-bond donors (Lipinski definition) is 1. The van der Waals surface area contributed by atoms with Crippen LogP contribution in [0.4, 0.5) is 11.5 Å². The van der Waals surface area contributed by atoms with E-state index < -0.39 is 0 Å². The monoisotopic (exact) mass is 255 g/mol. The van der Waals surface area contributed by atoms with E-state index in [0.717, 1.165) is 0 Å². The maximum Gasteiger partial charge on any atom is 0.251 e. The summed E-state index contributed by atoms with van der Waals surface area (Å²) in [4.78, 5) is 21.8. The second kappa shape index (κ2) is 4.46. The highest BCUT2D eigenvalue weighted by Gasteiger charge is 2.36. The third-order valence-corrected chi connectivity index (χ3v) is 3.05. The first-order chi connectivity index (χ1) is 8.10. The minimum absolute atomic E-state index is 0.0141. The van der Waals surface area contributed by atoms with E-state index in [0.29, 0.717) is 17.9 Å². The lowest BCUT2D eigenvalue weighted by atomic mass is 10.1. The second-order valence-corrected chi connectivity index (χ2v) is 4.10. The number of carbonyl (C=O) groups is 1. The van der Waals surface area contributed by atoms with E-state index in [1.807, 2.05) is 6.92 Å². The maximum atomic E-state index is 12.1. The number of nitrogens with zero attached hydrogens (tertiary/aromatic N) is 4. The molecule has 0 saturated carbocycles. The fourth-order valence-electron chi connectivity index (χ4n) is 1.98. The number of hydrazine groups is 1. The van der Waals surface area contributed by atoms with Crippen LogP contribution in [0.5, 0.6) is 0 Å². The molecule has 0 saturated heterocycles. The second-order valence-electron chi connectivity index (χ2n) is 3.76. The molecule has 1 aliphatic heterocycles. The van der Waals surface area contributed by atoms with Crippen LogP contribution in [0.2, 0.25) is 5.28 Å². The van der Waals surface area contributed by atoms with Gasteiger partial charge in [-0.15, -0.1) is 0 Å². The van der Waals surface area contributed by atoms with Crippen molar-refractivity contribution in [2.45, 2.75) is 19.4 Å². The molecule has 0 fully saturated rings. The number of nitrogens with one attached hydrogen (secondary N) is 1. The highest BCUT2D eigenvalue weighted by Crippen LogP contribution is 2.33. The predicted molar refractivity (Wildman–Crippen MR) is 66.1 cm³/mol. The van der Waals surface area contributed by atoms with E-state index >= 15 is 0 Å². The molecule has 0 spiro atoms. The average Bonchev–Trinajstić information content (AvgIpc) is 2.33. The first-order valence-electron chi connectivity index (χ1n) is 5.36. The zero-order valence-corrected chi connectivity index (χ0v) is 10.7. The summed E-state index contributed by atoms with van der Waals surface area (Å²) in [5.41, 5.74) is 3.63. The minimum Gasteiger partial charge on any atom is -0.309 e. The number of carbonyl (C=O) groups excluding carboxylic acids is 1. The third-order valence-electron chi connectivity index (χ3n) is 2.87. The molecule has 17 heavy (non-hydrogen) atoms. The molecule has 1 unspecified atom stereocenters. The molecule has 92 valence electrons. The van der Waals surface area contributed by atoms with E-state index in [2.05, 4.69) is 15.4 Å². The van der Waals surface area contributed by atoms with E-state index in [4.69, 9.17) is 11.6 Å². The molecule has 2 heterocycles. The number of likely N-dealkylation sites (N-methyl/N-ethyl adjacent to an activating group) is 1. The van der Waals surface area contributed by atoms with Crippen molar-refractivity contribution in [3.8, 4) is 0 Å². The standard InChI is InChI=1S/C10H14ClN5O/c1-4-6-9(17)15(3)7-5-13-10(11)14-8(7)16(6)12-2/h5-6,12H,4H2,1-3H3. The lowest BCUT2D eigenvalue weighted by molar-refractivity contribution is -0.120. The van der Waals surface area contributed by atoms with Crippen LogP contribution in [0.3, 0.4) is 0 Å². The van der Waals surface area contributed by atoms with Gasteiger partial charge in [0.05, 0.1) is 6.20 Å². The normalized spacial score (nSPS) is 19.5. The first-order valence-corrected chi connectivity index (χ1v) is 5.74. The largest absolute Gasteiger partial charge is 0.309 e. The van der Waals surface area contributed by atoms with Gasteiger partial charge in [-0.3, -0.25) is 9.80 Å². The Morgan fingerprint density at radius 2 is 2.29 bits per heavy atom. The van der Waals surface area contributed by atoms with E-state index in [1.54, 1.807) is 30.2 Å². The Kier molecular flexibility index (Phi) is 3.17. The van der Waals surface area contributed by atoms with Gasteiger partial charge in [0.25, 0.3) is 5.91 Å². The Morgan fingerprint density at radius 1 is 1.59 bits per heavy atom. The van der Waals surface area contributed by atoms with Gasteiger partial charge in [-0.25, -0.2) is 10.4 Å². The van der Waals surface area contributed by atoms with Crippen LogP contribution >= 0.6 is 11.6 Å². The number of aromatic nitrogens is 2. The maximum absolute atomic E-state index is 12.1. The van der Waals surface area contributed by atoms with E-state index in [-0.39, 0.29) is 17.2 Å². The number of amides is 1. The van der Waals surface area contributed by atoms with Gasteiger partial charge in [0, 0.05) is 14.1 Å². The predicted octanol–water partition coefficient (Wildman–Crippen LogP) is 0.826. The SMILES string of the molecule is CCC1C(=O)N(C)c2cnc(Cl)nc2N1NC. The molecule has 0 aromatic carbocycles. The van der Waals surface area contributed by atoms with Gasteiger partial charge in [-0.05, 0) is 18.0 Å². The van der Waals surface area contributed by atoms with Crippen LogP contribution in [0.15, 0.2) is 6.20 Å². The van der Waals surface area contributed by atoms with Gasteiger partial charge >= 0.3 is 0 Å². The van der Waals surface area contributed by atoms with Crippen LogP contribution in [0.1, 0.15) is 13.3 Å². The number of fused-ring (bicyclic) bond motifs is 1. The Hall–Kier alpha value is -1.40. The Morgan fingerprint density at radius 3 is 2.88 bits per heavy atom. The van der Waals surface area contributed by atoms with Crippen molar-refractivity contribution in [1.29, 1.82) is 0 Å². The van der Waals surface area contributed by atoms with Crippen molar-refractivity contribution in [2.24, 2.45) is 0 Å². The summed E-state index contributed by atoms with van der Waals surface area (Å²) in [5.74, 6) is 0.640. The zero-order chi connectivity index (χ0) is 12.6. The summed E-state index contributed by atoms with van der Waals surface area (Å²) < 4.78 is 0. The first kappa shape index (κ1) is 12.1. The highest BCUT2D eigenvalue weighted by molar-refractivity contribution is 6.28. The van der Waals surface area contributed by atoms with Crippen molar-refractivity contribution < 1.29 is 4.79 Å². The summed E-state index contributed by atoms with van der Waals surface area (Å²) in [6.07, 6.45) is 2.24. The van der Waals surface area contributed by atoms with Crippen molar-refractivity contribution in [2.75, 3.05) is 24.0 Å². The smallest absolute Gasteiger partial charge is 0.251 e. The molecule has 1 aromatic heterocycles. The lowest BCUT2D eigenvalue weighted by Crippen LogP contribution is -2.56. The number of anilines is 2. The molecule has 2 rings (SSSR count). The van der Waals surface area contributed by atoms with Gasteiger partial charge in [0.15, 0.2) is 5.82 Å². The quantitative estimate of drug-likeness (QED) is 0.793. The van der Waals surface area contributed by atoms with Crippen molar-refractivity contribution in [3.05, 3.63) is 11.5 Å². The summed E-state index contributed by atoms with van der Waals surface area (Å²) in [5, 5.41) is 1.90. The summed E-state index contributed by atoms with van der Waals surface area (Å²) >= 11 is 5.79. The number of rotatable bonds is 2. The van der Waals surface area contributed by atoms with Crippen molar-refractivity contribution in [1.82, 2.24) is 15.4 Å². The van der Waals surface area contributed by atoms with Crippen LogP contribution < -0.4 is 15.3 Å². The molecule has 6 nitrogen and oxygen atoms in total. The summed E-state index contributed by atoms with van der Waals surface area (Å²) in [7, 11) is 3.47. The Balaban J connectivity index is 2.56. The molecular formula is C10H14ClN5O. The van der Waals surface area contributed by atoms with Gasteiger partial charge in [0.1, 0.15) is 11.7 Å². The van der Waals surface area contributed by atoms with Gasteiger partial charge in [-0.2, -0.15) is 4.98 Å². The van der Waals surface area contributed by atoms with Gasteiger partial charge < -0.3 is 4.90 Å². The Bertz CT molecular complexity index is 452. The molecule has 0 bridgehead atoms. The summed E-state index contributed by atoms with van der Waals surface area (Å²) in [6, 6.07) is -0.275. The molecule has 7 heteroatoms. The third kappa shape index (κ3) is 1.83. The molecule has 0 radical (unpaired) electrons. The van der Waals surface area contributed by atoms with Gasteiger partial charge in [0.2, 0.25) is 5.28 Å². The van der Waals surface area contributed by atoms with Crippen LogP contribution in [0.25, 0.3) is 0 Å². The fourth-order valence-corrected chi connectivity index (χ4v) is 2.11. The molecular weight excluding hydrogens is 242 g/mol. The lowest BCUT2D eigenvalue weighted by Gasteiger charge is -2.39. The van der Waals surface area contributed by atoms with Crippen LogP contribution in [-0.4, -0.2) is 36.0 Å². The topological polar surface area (TPSA) is 61.4 Å². The van der Waals surface area contributed by atoms with Gasteiger partial charge in [-0.1, -0.05) is 6.92 Å². The molecule has 1 N–H and O–H groups in total. The molecule has 1 aliphatic rings. The molecule has 1 atom stereocenters. The molecule has 0 aliphatic carbocycles. The average molecular weight is 256 g/mol. The zero-order valence-electron chi connectivity index (χ0n) is 9.94. The highest BCUT2D eigenvalue weighted by atomic mass is 35.5. The van der Waals surface area contributed by atoms with E-state index in [9.17, 15) is 4.79 Å². The molecule has 1 aromatic rings. The minimum atomic E-state index is -0.275. The van der Waals surface area contributed by atoms with E-state index in [1.165, 1.54) is 0 Å². The van der Waals surface area contributed by atoms with Crippen LogP contribution in [0, 0.1) is 0 Å². The molecule has 1 amide bonds. The number of halogens is 1. The summed E-state index contributed by atoms with van der Waals surface area (Å²) in [6.45, 7) is 1.95. The van der Waals surface area contributed by atoms with Crippen molar-refractivity contribution >= 4 is 29.0 Å². The van der Waals surface area contributed by atoms with Crippen LogP contribution in [-0.2, 0) is 4.79 Å². The van der Waals surface area contributed by atoms with Crippen molar-refractivity contribution in [3.63, 3.8) is 0 Å². The Labute approximate surface area is 105 Å². The fraction of sp³-hybridized carbons (Fsp3) is 0.500. The number of hydrogen-bond acceptors (Lipinski definition) is 5.